The number of hydrogen-bond donors (Lipinski definition) is 0. The van der Waals surface area contributed by atoms with Gasteiger partial charge in [-0.3, -0.25) is 14.6 Å². The zero-order valence-electron chi connectivity index (χ0n) is 11.7. The molecule has 104 valence electrons. The number of pyridine rings is 1. The van der Waals surface area contributed by atoms with Gasteiger partial charge in [-0.1, -0.05) is 6.92 Å². The molecule has 1 amide bonds. The van der Waals surface area contributed by atoms with E-state index in [9.17, 15) is 9.59 Å². The Balaban J connectivity index is 2.80. The first-order valence-electron chi connectivity index (χ1n) is 6.45. The molecular formula is C14H20N2O3. The van der Waals surface area contributed by atoms with E-state index in [4.69, 9.17) is 4.74 Å². The van der Waals surface area contributed by atoms with Gasteiger partial charge in [0.15, 0.2) is 0 Å². The van der Waals surface area contributed by atoms with Gasteiger partial charge in [0.05, 0.1) is 12.2 Å². The molecule has 0 aliphatic rings. The van der Waals surface area contributed by atoms with E-state index in [1.807, 2.05) is 13.8 Å². The maximum atomic E-state index is 12.3. The van der Waals surface area contributed by atoms with Crippen molar-refractivity contribution in [1.29, 1.82) is 0 Å². The second kappa shape index (κ2) is 7.51. The van der Waals surface area contributed by atoms with Crippen LogP contribution in [0.15, 0.2) is 18.5 Å². The third kappa shape index (κ3) is 4.69. The number of rotatable bonds is 6. The highest BCUT2D eigenvalue weighted by molar-refractivity contribution is 5.95. The summed E-state index contributed by atoms with van der Waals surface area (Å²) in [5, 5.41) is 0. The Hall–Kier alpha value is -1.91. The van der Waals surface area contributed by atoms with Gasteiger partial charge in [0.25, 0.3) is 5.91 Å². The zero-order valence-corrected chi connectivity index (χ0v) is 11.7. The molecule has 1 aromatic rings. The topological polar surface area (TPSA) is 59.5 Å². The molecule has 5 heteroatoms. The van der Waals surface area contributed by atoms with Crippen molar-refractivity contribution in [2.75, 3.05) is 19.7 Å². The van der Waals surface area contributed by atoms with Gasteiger partial charge in [-0.2, -0.15) is 0 Å². The Bertz CT molecular complexity index is 446. The Kier molecular flexibility index (Phi) is 5.99. The summed E-state index contributed by atoms with van der Waals surface area (Å²) in [6.45, 7) is 6.40. The fourth-order valence-corrected chi connectivity index (χ4v) is 1.74. The number of carbonyl (C=O) groups excluding carboxylic acids is 2. The molecule has 0 atom stereocenters. The first kappa shape index (κ1) is 15.1. The fraction of sp³-hybridized carbons (Fsp3) is 0.500. The van der Waals surface area contributed by atoms with E-state index >= 15 is 0 Å². The van der Waals surface area contributed by atoms with Crippen LogP contribution in [-0.4, -0.2) is 41.5 Å². The quantitative estimate of drug-likeness (QED) is 0.735. The van der Waals surface area contributed by atoms with Crippen molar-refractivity contribution in [2.45, 2.75) is 27.2 Å². The van der Waals surface area contributed by atoms with Crippen molar-refractivity contribution >= 4 is 11.9 Å². The van der Waals surface area contributed by atoms with Crippen LogP contribution in [0.5, 0.6) is 0 Å². The number of hydrogen-bond acceptors (Lipinski definition) is 4. The van der Waals surface area contributed by atoms with Crippen LogP contribution >= 0.6 is 0 Å². The summed E-state index contributed by atoms with van der Waals surface area (Å²) >= 11 is 0. The third-order valence-corrected chi connectivity index (χ3v) is 2.53. The third-order valence-electron chi connectivity index (χ3n) is 2.53. The van der Waals surface area contributed by atoms with E-state index in [-0.39, 0.29) is 18.4 Å². The van der Waals surface area contributed by atoms with Crippen LogP contribution in [0.3, 0.4) is 0 Å². The summed E-state index contributed by atoms with van der Waals surface area (Å²) in [6, 6.07) is 1.77. The average Bonchev–Trinajstić information content (AvgIpc) is 2.37. The monoisotopic (exact) mass is 264 g/mol. The molecule has 1 heterocycles. The molecule has 0 N–H and O–H groups in total. The molecule has 0 aromatic carbocycles. The van der Waals surface area contributed by atoms with Gasteiger partial charge >= 0.3 is 5.97 Å². The molecule has 1 aromatic heterocycles. The van der Waals surface area contributed by atoms with E-state index in [0.29, 0.717) is 18.7 Å². The maximum absolute atomic E-state index is 12.3. The summed E-state index contributed by atoms with van der Waals surface area (Å²) < 4.78 is 4.88. The number of aromatic nitrogens is 1. The smallest absolute Gasteiger partial charge is 0.325 e. The zero-order chi connectivity index (χ0) is 14.3. The van der Waals surface area contributed by atoms with E-state index in [1.165, 1.54) is 11.1 Å². The lowest BCUT2D eigenvalue weighted by Crippen LogP contribution is -2.37. The maximum Gasteiger partial charge on any atom is 0.325 e. The minimum Gasteiger partial charge on any atom is -0.465 e. The predicted molar refractivity (Wildman–Crippen MR) is 71.8 cm³/mol. The molecule has 0 saturated heterocycles. The van der Waals surface area contributed by atoms with Gasteiger partial charge in [-0.05, 0) is 31.9 Å². The van der Waals surface area contributed by atoms with Crippen LogP contribution in [0.25, 0.3) is 0 Å². The normalized spacial score (nSPS) is 10.1. The minimum absolute atomic E-state index is 0.0194. The van der Waals surface area contributed by atoms with E-state index < -0.39 is 0 Å². The molecule has 0 unspecified atom stereocenters. The van der Waals surface area contributed by atoms with Crippen LogP contribution in [0, 0.1) is 6.92 Å². The van der Waals surface area contributed by atoms with Crippen LogP contribution < -0.4 is 0 Å². The number of aryl methyl sites for hydroxylation is 1. The van der Waals surface area contributed by atoms with Crippen molar-refractivity contribution in [3.05, 3.63) is 29.6 Å². The lowest BCUT2D eigenvalue weighted by atomic mass is 10.2. The largest absolute Gasteiger partial charge is 0.465 e. The van der Waals surface area contributed by atoms with Crippen molar-refractivity contribution in [1.82, 2.24) is 9.88 Å². The first-order valence-corrected chi connectivity index (χ1v) is 6.45. The summed E-state index contributed by atoms with van der Waals surface area (Å²) in [7, 11) is 0. The van der Waals surface area contributed by atoms with Crippen LogP contribution in [0.2, 0.25) is 0 Å². The minimum atomic E-state index is -0.384. The standard InChI is InChI=1S/C14H20N2O3/c1-4-6-16(10-13(17)19-5-2)14(18)12-7-11(3)8-15-9-12/h7-9H,4-6,10H2,1-3H3. The lowest BCUT2D eigenvalue weighted by Gasteiger charge is -2.21. The SMILES string of the molecule is CCCN(CC(=O)OCC)C(=O)c1cncc(C)c1. The van der Waals surface area contributed by atoms with Crippen molar-refractivity contribution in [3.8, 4) is 0 Å². The highest BCUT2D eigenvalue weighted by Gasteiger charge is 2.19. The second-order valence-corrected chi connectivity index (χ2v) is 4.28. The second-order valence-electron chi connectivity index (χ2n) is 4.28. The number of ether oxygens (including phenoxy) is 1. The highest BCUT2D eigenvalue weighted by Crippen LogP contribution is 2.07. The van der Waals surface area contributed by atoms with E-state index in [2.05, 4.69) is 4.98 Å². The number of carbonyl (C=O) groups is 2. The lowest BCUT2D eigenvalue weighted by molar-refractivity contribution is -0.143. The molecule has 19 heavy (non-hydrogen) atoms. The average molecular weight is 264 g/mol. The Morgan fingerprint density at radius 1 is 1.32 bits per heavy atom. The van der Waals surface area contributed by atoms with Crippen LogP contribution in [-0.2, 0) is 9.53 Å². The molecule has 0 aliphatic carbocycles. The summed E-state index contributed by atoms with van der Waals surface area (Å²) in [4.78, 5) is 29.3. The number of nitrogens with zero attached hydrogens (tertiary/aromatic N) is 2. The molecule has 0 fully saturated rings. The van der Waals surface area contributed by atoms with Gasteiger partial charge in [-0.25, -0.2) is 0 Å². The Morgan fingerprint density at radius 2 is 2.05 bits per heavy atom. The van der Waals surface area contributed by atoms with Gasteiger partial charge < -0.3 is 9.64 Å². The summed E-state index contributed by atoms with van der Waals surface area (Å²) in [5.41, 5.74) is 1.41. The Morgan fingerprint density at radius 3 is 2.63 bits per heavy atom. The summed E-state index contributed by atoms with van der Waals surface area (Å²) in [6.07, 6.45) is 3.99. The van der Waals surface area contributed by atoms with Gasteiger partial charge in [-0.15, -0.1) is 0 Å². The van der Waals surface area contributed by atoms with E-state index in [0.717, 1.165) is 12.0 Å². The number of esters is 1. The molecule has 5 nitrogen and oxygen atoms in total. The molecule has 0 bridgehead atoms. The van der Waals surface area contributed by atoms with E-state index in [1.54, 1.807) is 19.2 Å². The Labute approximate surface area is 113 Å². The molecule has 0 radical (unpaired) electrons. The predicted octanol–water partition coefficient (Wildman–Crippen LogP) is 1.81. The number of amides is 1. The van der Waals surface area contributed by atoms with Gasteiger partial charge in [0.2, 0.25) is 0 Å². The van der Waals surface area contributed by atoms with Crippen LogP contribution in [0.4, 0.5) is 0 Å². The van der Waals surface area contributed by atoms with Gasteiger partial charge in [0, 0.05) is 18.9 Å². The molecule has 1 rings (SSSR count). The fourth-order valence-electron chi connectivity index (χ4n) is 1.74. The van der Waals surface area contributed by atoms with Crippen molar-refractivity contribution in [2.24, 2.45) is 0 Å². The van der Waals surface area contributed by atoms with Gasteiger partial charge in [0.1, 0.15) is 6.54 Å². The highest BCUT2D eigenvalue weighted by atomic mass is 16.5. The molecule has 0 aliphatic heterocycles. The van der Waals surface area contributed by atoms with Crippen LogP contribution in [0.1, 0.15) is 36.2 Å². The molecule has 0 spiro atoms. The molecule has 0 saturated carbocycles. The summed E-state index contributed by atoms with van der Waals surface area (Å²) in [5.74, 6) is -0.573. The first-order chi connectivity index (χ1) is 9.08. The van der Waals surface area contributed by atoms with Crippen molar-refractivity contribution in [3.63, 3.8) is 0 Å². The molecular weight excluding hydrogens is 244 g/mol. The van der Waals surface area contributed by atoms with Crippen molar-refractivity contribution < 1.29 is 14.3 Å².